The summed E-state index contributed by atoms with van der Waals surface area (Å²) in [5.74, 6) is -0.634. The molecular weight excluding hydrogens is 288 g/mol. The first kappa shape index (κ1) is 18.0. The average Bonchev–Trinajstić information content (AvgIpc) is 2.57. The van der Waals surface area contributed by atoms with Gasteiger partial charge in [-0.1, -0.05) is 12.1 Å². The van der Waals surface area contributed by atoms with Crippen LogP contribution in [0.2, 0.25) is 0 Å². The van der Waals surface area contributed by atoms with Gasteiger partial charge >= 0.3 is 11.9 Å². The summed E-state index contributed by atoms with van der Waals surface area (Å²) in [6.45, 7) is 0.777. The molecule has 1 rings (SSSR count). The van der Waals surface area contributed by atoms with Crippen molar-refractivity contribution in [3.8, 4) is 5.75 Å². The third-order valence-electron chi connectivity index (χ3n) is 3.21. The molecule has 0 aliphatic heterocycles. The first-order valence-electron chi connectivity index (χ1n) is 6.96. The predicted molar refractivity (Wildman–Crippen MR) is 79.4 cm³/mol. The van der Waals surface area contributed by atoms with Crippen LogP contribution in [0.15, 0.2) is 24.3 Å². The zero-order valence-electron chi connectivity index (χ0n) is 13.2. The van der Waals surface area contributed by atoms with Crippen LogP contribution in [0.5, 0.6) is 5.75 Å². The first-order chi connectivity index (χ1) is 10.6. The SMILES string of the molecule is COC(=O)C[C@@H](CCOCc1ccc(OC)cc1)C(=O)OC. The van der Waals surface area contributed by atoms with E-state index in [1.807, 2.05) is 24.3 Å². The van der Waals surface area contributed by atoms with Gasteiger partial charge in [0.15, 0.2) is 0 Å². The van der Waals surface area contributed by atoms with Gasteiger partial charge < -0.3 is 18.9 Å². The summed E-state index contributed by atoms with van der Waals surface area (Å²) in [6.07, 6.45) is 0.396. The molecular formula is C16H22O6. The lowest BCUT2D eigenvalue weighted by Crippen LogP contribution is -2.22. The van der Waals surface area contributed by atoms with Crippen LogP contribution in [0.4, 0.5) is 0 Å². The standard InChI is InChI=1S/C16H22O6/c1-19-14-6-4-12(5-7-14)11-22-9-8-13(16(18)21-3)10-15(17)20-2/h4-7,13H,8-11H2,1-3H3/t13-/m1/s1. The monoisotopic (exact) mass is 310 g/mol. The van der Waals surface area contributed by atoms with Gasteiger partial charge in [0.2, 0.25) is 0 Å². The summed E-state index contributed by atoms with van der Waals surface area (Å²) in [5.41, 5.74) is 1.00. The lowest BCUT2D eigenvalue weighted by molar-refractivity contribution is -0.152. The molecule has 0 unspecified atom stereocenters. The molecule has 0 fully saturated rings. The highest BCUT2D eigenvalue weighted by Crippen LogP contribution is 2.14. The fourth-order valence-electron chi connectivity index (χ4n) is 1.89. The van der Waals surface area contributed by atoms with Gasteiger partial charge in [0.1, 0.15) is 5.75 Å². The van der Waals surface area contributed by atoms with Crippen molar-refractivity contribution in [2.24, 2.45) is 5.92 Å². The molecule has 0 saturated carbocycles. The molecule has 1 aromatic carbocycles. The number of benzene rings is 1. The quantitative estimate of drug-likeness (QED) is 0.513. The minimum absolute atomic E-state index is 0.00489. The lowest BCUT2D eigenvalue weighted by atomic mass is 10.0. The van der Waals surface area contributed by atoms with Crippen LogP contribution in [-0.4, -0.2) is 39.9 Å². The van der Waals surface area contributed by atoms with Crippen molar-refractivity contribution < 1.29 is 28.5 Å². The zero-order valence-corrected chi connectivity index (χ0v) is 13.2. The minimum atomic E-state index is -0.548. The van der Waals surface area contributed by atoms with Crippen molar-refractivity contribution in [3.05, 3.63) is 29.8 Å². The Hall–Kier alpha value is -2.08. The van der Waals surface area contributed by atoms with Gasteiger partial charge in [0.25, 0.3) is 0 Å². The van der Waals surface area contributed by atoms with Gasteiger partial charge in [0, 0.05) is 6.61 Å². The van der Waals surface area contributed by atoms with Crippen molar-refractivity contribution in [3.63, 3.8) is 0 Å². The number of carbonyl (C=O) groups excluding carboxylic acids is 2. The second-order valence-corrected chi connectivity index (χ2v) is 4.69. The van der Waals surface area contributed by atoms with Gasteiger partial charge in [-0.3, -0.25) is 9.59 Å². The largest absolute Gasteiger partial charge is 0.497 e. The fraction of sp³-hybridized carbons (Fsp3) is 0.500. The lowest BCUT2D eigenvalue weighted by Gasteiger charge is -2.13. The number of hydrogen-bond acceptors (Lipinski definition) is 6. The van der Waals surface area contributed by atoms with Crippen LogP contribution in [0.3, 0.4) is 0 Å². The van der Waals surface area contributed by atoms with E-state index in [2.05, 4.69) is 9.47 Å². The van der Waals surface area contributed by atoms with Crippen LogP contribution < -0.4 is 4.74 Å². The summed E-state index contributed by atoms with van der Waals surface area (Å²) in [5, 5.41) is 0. The summed E-state index contributed by atoms with van der Waals surface area (Å²) in [4.78, 5) is 22.9. The molecule has 0 aliphatic carbocycles. The van der Waals surface area contributed by atoms with Crippen molar-refractivity contribution >= 4 is 11.9 Å². The normalized spacial score (nSPS) is 11.6. The summed E-state index contributed by atoms with van der Waals surface area (Å²) in [6, 6.07) is 7.52. The molecule has 1 aromatic rings. The van der Waals surface area contributed by atoms with Crippen molar-refractivity contribution in [1.29, 1.82) is 0 Å². The van der Waals surface area contributed by atoms with Gasteiger partial charge in [-0.05, 0) is 24.1 Å². The molecule has 0 saturated heterocycles. The molecule has 0 aliphatic rings. The maximum absolute atomic E-state index is 11.6. The third-order valence-corrected chi connectivity index (χ3v) is 3.21. The summed E-state index contributed by atoms with van der Waals surface area (Å²) >= 11 is 0. The maximum atomic E-state index is 11.6. The van der Waals surface area contributed by atoms with Crippen LogP contribution >= 0.6 is 0 Å². The molecule has 1 atom stereocenters. The highest BCUT2D eigenvalue weighted by atomic mass is 16.5. The summed E-state index contributed by atoms with van der Waals surface area (Å²) < 4.78 is 19.9. The number of ether oxygens (including phenoxy) is 4. The van der Waals surface area contributed by atoms with Crippen LogP contribution in [-0.2, 0) is 30.4 Å². The van der Waals surface area contributed by atoms with Gasteiger partial charge in [-0.25, -0.2) is 0 Å². The number of hydrogen-bond donors (Lipinski definition) is 0. The molecule has 22 heavy (non-hydrogen) atoms. The van der Waals surface area contributed by atoms with Crippen molar-refractivity contribution in [1.82, 2.24) is 0 Å². The van der Waals surface area contributed by atoms with E-state index in [4.69, 9.17) is 9.47 Å². The molecule has 0 aromatic heterocycles. The van der Waals surface area contributed by atoms with E-state index in [0.29, 0.717) is 19.6 Å². The van der Waals surface area contributed by atoms with E-state index < -0.39 is 17.9 Å². The molecule has 0 amide bonds. The van der Waals surface area contributed by atoms with E-state index in [1.165, 1.54) is 14.2 Å². The van der Waals surface area contributed by atoms with E-state index in [1.54, 1.807) is 7.11 Å². The Balaban J connectivity index is 2.38. The van der Waals surface area contributed by atoms with E-state index in [9.17, 15) is 9.59 Å². The van der Waals surface area contributed by atoms with Gasteiger partial charge in [-0.2, -0.15) is 0 Å². The van der Waals surface area contributed by atoms with Crippen LogP contribution in [0.1, 0.15) is 18.4 Å². The molecule has 6 heteroatoms. The number of carbonyl (C=O) groups is 2. The summed E-state index contributed by atoms with van der Waals surface area (Å²) in [7, 11) is 4.20. The van der Waals surface area contributed by atoms with Crippen molar-refractivity contribution in [2.45, 2.75) is 19.4 Å². The van der Waals surface area contributed by atoms with E-state index in [-0.39, 0.29) is 6.42 Å². The molecule has 0 spiro atoms. The van der Waals surface area contributed by atoms with E-state index in [0.717, 1.165) is 11.3 Å². The highest BCUT2D eigenvalue weighted by molar-refractivity contribution is 5.79. The molecule has 0 radical (unpaired) electrons. The number of methoxy groups -OCH3 is 3. The maximum Gasteiger partial charge on any atom is 0.309 e. The Morgan fingerprint density at radius 3 is 2.27 bits per heavy atom. The van der Waals surface area contributed by atoms with E-state index >= 15 is 0 Å². The molecule has 0 heterocycles. The number of esters is 2. The number of rotatable bonds is 9. The van der Waals surface area contributed by atoms with Crippen molar-refractivity contribution in [2.75, 3.05) is 27.9 Å². The second kappa shape index (κ2) is 9.78. The van der Waals surface area contributed by atoms with Crippen LogP contribution in [0.25, 0.3) is 0 Å². The second-order valence-electron chi connectivity index (χ2n) is 4.69. The Kier molecular flexibility index (Phi) is 7.99. The van der Waals surface area contributed by atoms with Gasteiger partial charge in [0.05, 0.1) is 40.3 Å². The Morgan fingerprint density at radius 2 is 1.73 bits per heavy atom. The minimum Gasteiger partial charge on any atom is -0.497 e. The van der Waals surface area contributed by atoms with Gasteiger partial charge in [-0.15, -0.1) is 0 Å². The zero-order chi connectivity index (χ0) is 16.4. The average molecular weight is 310 g/mol. The molecule has 0 N–H and O–H groups in total. The molecule has 122 valence electrons. The third kappa shape index (κ3) is 6.13. The smallest absolute Gasteiger partial charge is 0.309 e. The predicted octanol–water partition coefficient (Wildman–Crippen LogP) is 1.95. The Bertz CT molecular complexity index is 468. The molecule has 6 nitrogen and oxygen atoms in total. The molecule has 0 bridgehead atoms. The highest BCUT2D eigenvalue weighted by Gasteiger charge is 2.22. The van der Waals surface area contributed by atoms with Crippen LogP contribution in [0, 0.1) is 5.92 Å². The fourth-order valence-corrected chi connectivity index (χ4v) is 1.89. The Morgan fingerprint density at radius 1 is 1.05 bits per heavy atom. The first-order valence-corrected chi connectivity index (χ1v) is 6.96. The topological polar surface area (TPSA) is 71.1 Å². The Labute approximate surface area is 130 Å².